The Hall–Kier alpha value is -2.08. The fraction of sp³-hybridized carbons (Fsp3) is 0.375. The van der Waals surface area contributed by atoms with Crippen LogP contribution in [0.1, 0.15) is 33.1 Å². The molecule has 0 spiro atoms. The lowest BCUT2D eigenvalue weighted by Crippen LogP contribution is -2.47. The summed E-state index contributed by atoms with van der Waals surface area (Å²) >= 11 is 1.45. The van der Waals surface area contributed by atoms with E-state index in [1.165, 1.54) is 17.6 Å². The molecule has 3 heterocycles. The summed E-state index contributed by atoms with van der Waals surface area (Å²) in [5.74, 6) is 0.691. The Labute approximate surface area is 131 Å². The van der Waals surface area contributed by atoms with Crippen molar-refractivity contribution in [2.45, 2.75) is 24.9 Å². The Morgan fingerprint density at radius 2 is 2.18 bits per heavy atom. The predicted octanol–water partition coefficient (Wildman–Crippen LogP) is 2.37. The second kappa shape index (κ2) is 5.28. The highest BCUT2D eigenvalue weighted by molar-refractivity contribution is 7.12. The summed E-state index contributed by atoms with van der Waals surface area (Å²) in [5.41, 5.74) is 0. The normalized spacial score (nSPS) is 26.4. The third-order valence-corrected chi connectivity index (χ3v) is 5.46. The van der Waals surface area contributed by atoms with E-state index in [1.54, 1.807) is 12.1 Å². The molecule has 1 saturated heterocycles. The van der Waals surface area contributed by atoms with E-state index in [1.807, 2.05) is 22.4 Å². The number of likely N-dealkylation sites (tertiary alicyclic amines) is 1. The van der Waals surface area contributed by atoms with E-state index in [0.717, 1.165) is 17.7 Å². The molecule has 1 aliphatic carbocycles. The maximum Gasteiger partial charge on any atom is 0.289 e. The lowest BCUT2D eigenvalue weighted by molar-refractivity contribution is 0.0648. The summed E-state index contributed by atoms with van der Waals surface area (Å²) < 4.78 is 5.20. The molecule has 2 aromatic rings. The van der Waals surface area contributed by atoms with Crippen molar-refractivity contribution >= 4 is 23.2 Å². The monoisotopic (exact) mass is 316 g/mol. The fourth-order valence-electron chi connectivity index (χ4n) is 3.57. The van der Waals surface area contributed by atoms with Gasteiger partial charge in [0.2, 0.25) is 0 Å². The van der Waals surface area contributed by atoms with Crippen molar-refractivity contribution in [3.05, 3.63) is 46.5 Å². The van der Waals surface area contributed by atoms with E-state index in [2.05, 4.69) is 5.32 Å². The molecule has 4 rings (SSSR count). The lowest BCUT2D eigenvalue weighted by Gasteiger charge is -2.31. The van der Waals surface area contributed by atoms with Gasteiger partial charge < -0.3 is 14.6 Å². The van der Waals surface area contributed by atoms with Crippen molar-refractivity contribution in [3.8, 4) is 0 Å². The summed E-state index contributed by atoms with van der Waals surface area (Å²) in [7, 11) is 0. The SMILES string of the molecule is O=C(NC1CC2CC1CN2C(=O)c1ccco1)c1cccs1. The average Bonchev–Trinajstić information content (AvgIpc) is 3.28. The van der Waals surface area contributed by atoms with Gasteiger partial charge in [0, 0.05) is 18.6 Å². The van der Waals surface area contributed by atoms with Crippen molar-refractivity contribution < 1.29 is 14.0 Å². The molecule has 6 heteroatoms. The zero-order valence-electron chi connectivity index (χ0n) is 11.9. The predicted molar refractivity (Wildman–Crippen MR) is 81.8 cm³/mol. The number of amides is 2. The van der Waals surface area contributed by atoms with Gasteiger partial charge in [-0.05, 0) is 42.3 Å². The number of hydrogen-bond acceptors (Lipinski definition) is 4. The van der Waals surface area contributed by atoms with Crippen LogP contribution in [0.5, 0.6) is 0 Å². The molecule has 1 saturated carbocycles. The molecule has 0 aromatic carbocycles. The second-order valence-corrected chi connectivity index (χ2v) is 6.83. The number of carbonyl (C=O) groups is 2. The van der Waals surface area contributed by atoms with E-state index >= 15 is 0 Å². The first-order chi connectivity index (χ1) is 10.7. The van der Waals surface area contributed by atoms with Crippen LogP contribution in [-0.2, 0) is 0 Å². The van der Waals surface area contributed by atoms with E-state index < -0.39 is 0 Å². The van der Waals surface area contributed by atoms with Gasteiger partial charge in [-0.15, -0.1) is 11.3 Å². The molecule has 2 aliphatic rings. The van der Waals surface area contributed by atoms with Crippen LogP contribution in [0.15, 0.2) is 40.3 Å². The third kappa shape index (κ3) is 2.23. The van der Waals surface area contributed by atoms with Gasteiger partial charge in [-0.1, -0.05) is 6.07 Å². The minimum atomic E-state index is -0.0412. The van der Waals surface area contributed by atoms with Crippen molar-refractivity contribution in [3.63, 3.8) is 0 Å². The summed E-state index contributed by atoms with van der Waals surface area (Å²) in [6.07, 6.45) is 3.31. The van der Waals surface area contributed by atoms with Crippen LogP contribution in [0, 0.1) is 5.92 Å². The van der Waals surface area contributed by atoms with Crippen LogP contribution in [0.3, 0.4) is 0 Å². The molecule has 2 bridgehead atoms. The number of nitrogens with one attached hydrogen (secondary N) is 1. The maximum atomic E-state index is 12.4. The first kappa shape index (κ1) is 13.6. The highest BCUT2D eigenvalue weighted by Crippen LogP contribution is 2.38. The van der Waals surface area contributed by atoms with Crippen molar-refractivity contribution in [1.29, 1.82) is 0 Å². The molecular weight excluding hydrogens is 300 g/mol. The summed E-state index contributed by atoms with van der Waals surface area (Å²) in [6, 6.07) is 7.51. The Morgan fingerprint density at radius 1 is 1.27 bits per heavy atom. The van der Waals surface area contributed by atoms with Gasteiger partial charge in [0.15, 0.2) is 5.76 Å². The third-order valence-electron chi connectivity index (χ3n) is 4.60. The van der Waals surface area contributed by atoms with Gasteiger partial charge >= 0.3 is 0 Å². The molecule has 2 aromatic heterocycles. The van der Waals surface area contributed by atoms with E-state index in [4.69, 9.17) is 4.42 Å². The van der Waals surface area contributed by atoms with Gasteiger partial charge in [0.25, 0.3) is 11.8 Å². The molecule has 114 valence electrons. The number of rotatable bonds is 3. The molecule has 2 amide bonds. The van der Waals surface area contributed by atoms with Crippen LogP contribution >= 0.6 is 11.3 Å². The van der Waals surface area contributed by atoms with Gasteiger partial charge in [0.1, 0.15) is 0 Å². The van der Waals surface area contributed by atoms with Crippen LogP contribution in [-0.4, -0.2) is 35.3 Å². The quantitative estimate of drug-likeness (QED) is 0.945. The van der Waals surface area contributed by atoms with E-state index in [-0.39, 0.29) is 23.9 Å². The topological polar surface area (TPSA) is 62.6 Å². The zero-order valence-corrected chi connectivity index (χ0v) is 12.7. The van der Waals surface area contributed by atoms with Crippen LogP contribution in [0.4, 0.5) is 0 Å². The summed E-state index contributed by atoms with van der Waals surface area (Å²) in [6.45, 7) is 0.694. The molecular formula is C16H16N2O3S. The minimum absolute atomic E-state index is 0.00328. The molecule has 0 radical (unpaired) electrons. The smallest absolute Gasteiger partial charge is 0.289 e. The van der Waals surface area contributed by atoms with Gasteiger partial charge in [-0.3, -0.25) is 9.59 Å². The van der Waals surface area contributed by atoms with Crippen molar-refractivity contribution in [1.82, 2.24) is 10.2 Å². The van der Waals surface area contributed by atoms with Gasteiger partial charge in [-0.25, -0.2) is 0 Å². The van der Waals surface area contributed by atoms with Gasteiger partial charge in [0.05, 0.1) is 11.1 Å². The number of thiophene rings is 1. The molecule has 1 aliphatic heterocycles. The minimum Gasteiger partial charge on any atom is -0.459 e. The fourth-order valence-corrected chi connectivity index (χ4v) is 4.19. The highest BCUT2D eigenvalue weighted by atomic mass is 32.1. The van der Waals surface area contributed by atoms with Gasteiger partial charge in [-0.2, -0.15) is 0 Å². The van der Waals surface area contributed by atoms with Crippen molar-refractivity contribution in [2.24, 2.45) is 5.92 Å². The number of fused-ring (bicyclic) bond motifs is 2. The summed E-state index contributed by atoms with van der Waals surface area (Å²) in [4.78, 5) is 27.1. The molecule has 22 heavy (non-hydrogen) atoms. The molecule has 3 atom stereocenters. The zero-order chi connectivity index (χ0) is 15.1. The Balaban J connectivity index is 1.40. The first-order valence-corrected chi connectivity index (χ1v) is 8.29. The Morgan fingerprint density at radius 3 is 2.82 bits per heavy atom. The molecule has 3 unspecified atom stereocenters. The largest absolute Gasteiger partial charge is 0.459 e. The highest BCUT2D eigenvalue weighted by Gasteiger charge is 2.47. The van der Waals surface area contributed by atoms with Crippen LogP contribution in [0.2, 0.25) is 0 Å². The maximum absolute atomic E-state index is 12.4. The molecule has 1 N–H and O–H groups in total. The van der Waals surface area contributed by atoms with Crippen LogP contribution in [0.25, 0.3) is 0 Å². The number of furan rings is 1. The van der Waals surface area contributed by atoms with E-state index in [0.29, 0.717) is 18.2 Å². The molecule has 2 fully saturated rings. The first-order valence-electron chi connectivity index (χ1n) is 7.41. The second-order valence-electron chi connectivity index (χ2n) is 5.88. The Kier molecular flexibility index (Phi) is 3.26. The molecule has 5 nitrogen and oxygen atoms in total. The van der Waals surface area contributed by atoms with Crippen molar-refractivity contribution in [2.75, 3.05) is 6.54 Å². The average molecular weight is 316 g/mol. The number of nitrogens with zero attached hydrogens (tertiary/aromatic N) is 1. The van der Waals surface area contributed by atoms with E-state index in [9.17, 15) is 9.59 Å². The lowest BCUT2D eigenvalue weighted by atomic mass is 10.0. The number of carbonyl (C=O) groups excluding carboxylic acids is 2. The number of piperidine rings is 1. The Bertz CT molecular complexity index is 680. The summed E-state index contributed by atoms with van der Waals surface area (Å²) in [5, 5.41) is 5.02. The number of hydrogen-bond donors (Lipinski definition) is 1. The standard InChI is InChI=1S/C16H16N2O3S/c19-15(14-4-2-6-22-14)17-12-8-11-7-10(12)9-18(11)16(20)13-3-1-5-21-13/h1-6,10-12H,7-9H2,(H,17,19). The van der Waals surface area contributed by atoms with Crippen LogP contribution < -0.4 is 5.32 Å².